The lowest BCUT2D eigenvalue weighted by Crippen LogP contribution is -2.10. The lowest BCUT2D eigenvalue weighted by Gasteiger charge is -2.14. The van der Waals surface area contributed by atoms with E-state index in [9.17, 15) is 22.7 Å². The van der Waals surface area contributed by atoms with Gasteiger partial charge in [-0.25, -0.2) is 4.39 Å². The largest absolute Gasteiger partial charge is 0.507 e. The van der Waals surface area contributed by atoms with Crippen molar-refractivity contribution in [1.29, 1.82) is 0 Å². The zero-order valence-electron chi connectivity index (χ0n) is 9.56. The van der Waals surface area contributed by atoms with E-state index in [0.717, 1.165) is 6.07 Å². The summed E-state index contributed by atoms with van der Waals surface area (Å²) in [6.45, 7) is 2.99. The first-order valence-electron chi connectivity index (χ1n) is 5.09. The predicted molar refractivity (Wildman–Crippen MR) is 57.8 cm³/mol. The van der Waals surface area contributed by atoms with E-state index in [1.165, 1.54) is 6.92 Å². The summed E-state index contributed by atoms with van der Waals surface area (Å²) in [6, 6.07) is 1.82. The summed E-state index contributed by atoms with van der Waals surface area (Å²) >= 11 is 0. The maximum Gasteiger partial charge on any atom is 0.420 e. The second kappa shape index (κ2) is 3.83. The fraction of sp³-hybridized carbons (Fsp3) is 0.250. The molecule has 0 atom stereocenters. The van der Waals surface area contributed by atoms with E-state index in [1.54, 1.807) is 6.92 Å². The molecule has 6 heteroatoms. The van der Waals surface area contributed by atoms with Crippen molar-refractivity contribution < 1.29 is 22.7 Å². The minimum absolute atomic E-state index is 0.0793. The molecule has 0 saturated heterocycles. The summed E-state index contributed by atoms with van der Waals surface area (Å²) < 4.78 is 51.8. The fourth-order valence-corrected chi connectivity index (χ4v) is 1.80. The van der Waals surface area contributed by atoms with E-state index < -0.39 is 28.7 Å². The number of fused-ring (bicyclic) bond motifs is 1. The molecule has 0 fully saturated rings. The molecule has 0 aliphatic carbocycles. The summed E-state index contributed by atoms with van der Waals surface area (Å²) in [5.41, 5.74) is -0.948. The van der Waals surface area contributed by atoms with Gasteiger partial charge in [-0.1, -0.05) is 0 Å². The van der Waals surface area contributed by atoms with Gasteiger partial charge < -0.3 is 5.11 Å². The van der Waals surface area contributed by atoms with Gasteiger partial charge >= 0.3 is 6.18 Å². The van der Waals surface area contributed by atoms with Crippen molar-refractivity contribution in [1.82, 2.24) is 4.98 Å². The Hall–Kier alpha value is -1.85. The standard InChI is InChI=1S/C12H9F4NO/c1-5-6(2)17-8-4-3-7(13)10(12(14,15)16)9(8)11(5)18/h3-4H,1-2H3,(H,17,18). The molecule has 0 aliphatic rings. The third-order valence-electron chi connectivity index (χ3n) is 2.84. The number of hydrogen-bond donors (Lipinski definition) is 1. The first-order chi connectivity index (χ1) is 8.23. The van der Waals surface area contributed by atoms with Gasteiger partial charge in [0.2, 0.25) is 0 Å². The van der Waals surface area contributed by atoms with Gasteiger partial charge in [-0.05, 0) is 26.0 Å². The molecule has 18 heavy (non-hydrogen) atoms. The first-order valence-corrected chi connectivity index (χ1v) is 5.09. The monoisotopic (exact) mass is 259 g/mol. The molecular formula is C12H9F4NO. The van der Waals surface area contributed by atoms with Crippen LogP contribution in [0.3, 0.4) is 0 Å². The molecule has 0 radical (unpaired) electrons. The number of halogens is 4. The second-order valence-corrected chi connectivity index (χ2v) is 3.99. The number of rotatable bonds is 0. The molecule has 0 aliphatic heterocycles. The van der Waals surface area contributed by atoms with Gasteiger partial charge in [0.15, 0.2) is 0 Å². The summed E-state index contributed by atoms with van der Waals surface area (Å²) in [4.78, 5) is 3.92. The van der Waals surface area contributed by atoms with Crippen molar-refractivity contribution in [2.24, 2.45) is 0 Å². The molecule has 2 rings (SSSR count). The quantitative estimate of drug-likeness (QED) is 0.731. The van der Waals surface area contributed by atoms with E-state index in [0.29, 0.717) is 11.8 Å². The van der Waals surface area contributed by atoms with E-state index in [2.05, 4.69) is 4.98 Å². The molecule has 0 amide bonds. The van der Waals surface area contributed by atoms with Crippen LogP contribution in [0.5, 0.6) is 5.75 Å². The van der Waals surface area contributed by atoms with E-state index in [-0.39, 0.29) is 11.1 Å². The molecule has 0 spiro atoms. The van der Waals surface area contributed by atoms with Gasteiger partial charge in [-0.15, -0.1) is 0 Å². The SMILES string of the molecule is Cc1nc2ccc(F)c(C(F)(F)F)c2c(O)c1C. The number of benzene rings is 1. The molecule has 1 aromatic heterocycles. The Labute approximate surface area is 99.9 Å². The fourth-order valence-electron chi connectivity index (χ4n) is 1.80. The molecule has 1 aromatic carbocycles. The van der Waals surface area contributed by atoms with Crippen LogP contribution in [0.25, 0.3) is 10.9 Å². The highest BCUT2D eigenvalue weighted by molar-refractivity contribution is 5.90. The van der Waals surface area contributed by atoms with Crippen LogP contribution in [-0.4, -0.2) is 10.1 Å². The van der Waals surface area contributed by atoms with Crippen LogP contribution >= 0.6 is 0 Å². The summed E-state index contributed by atoms with van der Waals surface area (Å²) in [5, 5.41) is 9.21. The lowest BCUT2D eigenvalue weighted by molar-refractivity contribution is -0.138. The molecule has 0 saturated carbocycles. The highest BCUT2D eigenvalue weighted by Gasteiger charge is 2.37. The van der Waals surface area contributed by atoms with E-state index >= 15 is 0 Å². The minimum Gasteiger partial charge on any atom is -0.507 e. The van der Waals surface area contributed by atoms with Gasteiger partial charge in [0.25, 0.3) is 0 Å². The highest BCUT2D eigenvalue weighted by atomic mass is 19.4. The van der Waals surface area contributed by atoms with Crippen molar-refractivity contribution in [3.63, 3.8) is 0 Å². The number of aryl methyl sites for hydroxylation is 1. The smallest absolute Gasteiger partial charge is 0.420 e. The van der Waals surface area contributed by atoms with Crippen LogP contribution in [0.2, 0.25) is 0 Å². The van der Waals surface area contributed by atoms with Crippen molar-refractivity contribution in [2.45, 2.75) is 20.0 Å². The first kappa shape index (κ1) is 12.6. The molecule has 2 aromatic rings. The number of aromatic nitrogens is 1. The Morgan fingerprint density at radius 3 is 2.33 bits per heavy atom. The van der Waals surface area contributed by atoms with Gasteiger partial charge in [-0.3, -0.25) is 4.98 Å². The topological polar surface area (TPSA) is 33.1 Å². The zero-order chi connectivity index (χ0) is 13.7. The number of aromatic hydroxyl groups is 1. The maximum absolute atomic E-state index is 13.4. The number of pyridine rings is 1. The highest BCUT2D eigenvalue weighted by Crippen LogP contribution is 2.41. The van der Waals surface area contributed by atoms with Crippen LogP contribution in [0.4, 0.5) is 17.6 Å². The third kappa shape index (κ3) is 1.77. The molecule has 2 nitrogen and oxygen atoms in total. The van der Waals surface area contributed by atoms with Gasteiger partial charge in [-0.2, -0.15) is 13.2 Å². The third-order valence-corrected chi connectivity index (χ3v) is 2.84. The van der Waals surface area contributed by atoms with Crippen LogP contribution < -0.4 is 0 Å². The second-order valence-electron chi connectivity index (χ2n) is 3.99. The molecule has 96 valence electrons. The van der Waals surface area contributed by atoms with Crippen molar-refractivity contribution in [3.8, 4) is 5.75 Å². The molecule has 1 heterocycles. The molecule has 0 unspecified atom stereocenters. The summed E-state index contributed by atoms with van der Waals surface area (Å²) in [6.07, 6.45) is -4.88. The van der Waals surface area contributed by atoms with E-state index in [4.69, 9.17) is 0 Å². The predicted octanol–water partition coefficient (Wildman–Crippen LogP) is 3.72. The summed E-state index contributed by atoms with van der Waals surface area (Å²) in [5.74, 6) is -2.00. The Balaban J connectivity index is 3.02. The number of alkyl halides is 3. The average Bonchev–Trinajstić information content (AvgIpc) is 2.25. The van der Waals surface area contributed by atoms with Gasteiger partial charge in [0.1, 0.15) is 17.1 Å². The molecule has 0 bridgehead atoms. The summed E-state index contributed by atoms with van der Waals surface area (Å²) in [7, 11) is 0. The van der Waals surface area contributed by atoms with Crippen molar-refractivity contribution in [2.75, 3.05) is 0 Å². The Morgan fingerprint density at radius 2 is 1.78 bits per heavy atom. The Kier molecular flexibility index (Phi) is 2.68. The van der Waals surface area contributed by atoms with Gasteiger partial charge in [0.05, 0.1) is 10.9 Å². The maximum atomic E-state index is 13.4. The Bertz CT molecular complexity index is 634. The van der Waals surface area contributed by atoms with Crippen LogP contribution in [0, 0.1) is 19.7 Å². The number of hydrogen-bond acceptors (Lipinski definition) is 2. The minimum atomic E-state index is -4.88. The van der Waals surface area contributed by atoms with Crippen LogP contribution in [0.1, 0.15) is 16.8 Å². The van der Waals surface area contributed by atoms with Crippen LogP contribution in [-0.2, 0) is 6.18 Å². The van der Waals surface area contributed by atoms with Gasteiger partial charge in [0, 0.05) is 11.3 Å². The lowest BCUT2D eigenvalue weighted by atomic mass is 10.0. The number of nitrogens with zero attached hydrogens (tertiary/aromatic N) is 1. The average molecular weight is 259 g/mol. The molecular weight excluding hydrogens is 250 g/mol. The Morgan fingerprint density at radius 1 is 1.17 bits per heavy atom. The van der Waals surface area contributed by atoms with Crippen molar-refractivity contribution >= 4 is 10.9 Å². The zero-order valence-corrected chi connectivity index (χ0v) is 9.56. The van der Waals surface area contributed by atoms with Crippen LogP contribution in [0.15, 0.2) is 12.1 Å². The molecule has 1 N–H and O–H groups in total. The normalized spacial score (nSPS) is 12.1. The van der Waals surface area contributed by atoms with Crippen molar-refractivity contribution in [3.05, 3.63) is 34.8 Å². The van der Waals surface area contributed by atoms with E-state index in [1.807, 2.05) is 0 Å².